The molecule has 0 aliphatic carbocycles. The molecule has 16 heteroatoms. The summed E-state index contributed by atoms with van der Waals surface area (Å²) >= 11 is 1.21. The second-order valence-electron chi connectivity index (χ2n) is 17.7. The molecule has 6 atom stereocenters. The van der Waals surface area contributed by atoms with Gasteiger partial charge in [0.1, 0.15) is 35.7 Å². The molecule has 2 saturated heterocycles. The van der Waals surface area contributed by atoms with Crippen LogP contribution in [0.4, 0.5) is 21.3 Å². The predicted molar refractivity (Wildman–Crippen MR) is 271 cm³/mol. The van der Waals surface area contributed by atoms with E-state index in [0.29, 0.717) is 44.6 Å². The number of nitro benzene ring substituents is 1. The van der Waals surface area contributed by atoms with E-state index >= 15 is 14.4 Å². The SMILES string of the molecule is COc1ccc(C#Cc2ccc3c(c2)[C@]2(C(=O)N3C(=O)OCc3ccc([N+](=O)[O-])cc3)[C@H](C(=O)Nc3nc4ccccc4s3)[C@H]3C(=O)O[C@H](c4ccccc4)[C@H](c4ccccc4)N3[C@@H]2c2ccc(O)cc2)cc1. The van der Waals surface area contributed by atoms with Crippen LogP contribution in [-0.2, 0) is 35.9 Å². The lowest BCUT2D eigenvalue weighted by atomic mass is 9.65. The van der Waals surface area contributed by atoms with E-state index in [9.17, 15) is 20.0 Å². The minimum atomic E-state index is -2.17. The van der Waals surface area contributed by atoms with E-state index in [1.54, 1.807) is 67.8 Å². The lowest BCUT2D eigenvalue weighted by molar-refractivity contribution is -0.384. The molecule has 15 nitrogen and oxygen atoms in total. The van der Waals surface area contributed by atoms with Crippen molar-refractivity contribution in [2.45, 2.75) is 36.3 Å². The number of nitrogens with one attached hydrogen (secondary N) is 1. The second kappa shape index (κ2) is 18.9. The first kappa shape index (κ1) is 46.2. The number of hydrogen-bond acceptors (Lipinski definition) is 13. The number of hydrogen-bond donors (Lipinski definition) is 2. The van der Waals surface area contributed by atoms with Crippen molar-refractivity contribution in [1.82, 2.24) is 9.88 Å². The summed E-state index contributed by atoms with van der Waals surface area (Å²) in [6.45, 7) is -0.382. The summed E-state index contributed by atoms with van der Waals surface area (Å²) in [7, 11) is 1.56. The van der Waals surface area contributed by atoms with Gasteiger partial charge in [0.25, 0.3) is 5.69 Å². The Morgan fingerprint density at radius 3 is 2.14 bits per heavy atom. The molecule has 0 bridgehead atoms. The molecule has 3 aliphatic rings. The smallest absolute Gasteiger partial charge is 0.421 e. The molecule has 360 valence electrons. The number of imide groups is 1. The third-order valence-corrected chi connectivity index (χ3v) is 14.6. The summed E-state index contributed by atoms with van der Waals surface area (Å²) in [4.78, 5) is 81.3. The van der Waals surface area contributed by atoms with Crippen LogP contribution >= 0.6 is 11.3 Å². The molecule has 4 heterocycles. The fourth-order valence-corrected chi connectivity index (χ4v) is 11.3. The number of cyclic esters (lactones) is 1. The number of phenols is 1. The fraction of sp³-hybridized carbons (Fsp3) is 0.140. The summed E-state index contributed by atoms with van der Waals surface area (Å²) in [6.07, 6.45) is -2.09. The summed E-state index contributed by atoms with van der Waals surface area (Å²) in [5.74, 6) is 2.86. The van der Waals surface area contributed by atoms with E-state index in [1.807, 2.05) is 83.8 Å². The Morgan fingerprint density at radius 1 is 0.795 bits per heavy atom. The van der Waals surface area contributed by atoms with E-state index in [0.717, 1.165) is 9.60 Å². The van der Waals surface area contributed by atoms with Gasteiger partial charge < -0.3 is 24.6 Å². The molecule has 7 aromatic carbocycles. The van der Waals surface area contributed by atoms with Gasteiger partial charge in [-0.05, 0) is 107 Å². The van der Waals surface area contributed by atoms with Crippen molar-refractivity contribution in [3.63, 3.8) is 0 Å². The number of nitro groups is 1. The predicted octanol–water partition coefficient (Wildman–Crippen LogP) is 9.96. The molecule has 3 amide bonds. The van der Waals surface area contributed by atoms with Gasteiger partial charge in [-0.25, -0.2) is 14.7 Å². The quantitative estimate of drug-likeness (QED) is 0.0603. The first-order chi connectivity index (χ1) is 35.5. The van der Waals surface area contributed by atoms with Gasteiger partial charge in [0, 0.05) is 23.3 Å². The normalized spacial score (nSPS) is 20.9. The number of phenolic OH excluding ortho intramolecular Hbond substituents is 1. The zero-order chi connectivity index (χ0) is 50.4. The Morgan fingerprint density at radius 2 is 1.45 bits per heavy atom. The maximum atomic E-state index is 16.6. The Labute approximate surface area is 421 Å². The molecular formula is C57H41N5O10S. The highest BCUT2D eigenvalue weighted by Gasteiger charge is 2.76. The second-order valence-corrected chi connectivity index (χ2v) is 18.7. The largest absolute Gasteiger partial charge is 0.508 e. The molecule has 3 aliphatic heterocycles. The zero-order valence-electron chi connectivity index (χ0n) is 38.7. The number of fused-ring (bicyclic) bond motifs is 4. The number of anilines is 2. The van der Waals surface area contributed by atoms with Gasteiger partial charge in [-0.15, -0.1) is 0 Å². The number of esters is 1. The van der Waals surface area contributed by atoms with Crippen LogP contribution in [0, 0.1) is 27.9 Å². The van der Waals surface area contributed by atoms with Gasteiger partial charge in [0.15, 0.2) is 5.13 Å². The highest BCUT2D eigenvalue weighted by atomic mass is 32.1. The molecule has 0 unspecified atom stereocenters. The topological polar surface area (TPSA) is 191 Å². The number of aromatic hydroxyl groups is 1. The van der Waals surface area contributed by atoms with E-state index in [2.05, 4.69) is 17.2 Å². The van der Waals surface area contributed by atoms with Gasteiger partial charge >= 0.3 is 12.1 Å². The van der Waals surface area contributed by atoms with Gasteiger partial charge in [0.2, 0.25) is 11.8 Å². The number of para-hydroxylation sites is 1. The van der Waals surface area contributed by atoms with E-state index in [-0.39, 0.29) is 34.4 Å². The summed E-state index contributed by atoms with van der Waals surface area (Å²) in [5, 5.41) is 25.5. The highest BCUT2D eigenvalue weighted by Crippen LogP contribution is 2.66. The minimum absolute atomic E-state index is 0.0688. The molecule has 2 N–H and O–H groups in total. The standard InChI is InChI=1S/C57H41N5O10S/c1-70-42-29-20-34(21-30-42)16-17-35-22-31-45-43(32-35)57(54(66)60(45)56(67)71-33-36-18-25-40(26-19-36)62(68)69)47(52(64)59-55-58-44-14-8-9-15-46(44)73-55)49-53(65)72-50(38-12-6-3-7-13-38)48(37-10-4-2-5-11-37)61(49)51(57)39-23-27-41(63)28-24-39/h2-15,18-32,47-51,63H,33H2,1H3,(H,58,59,64)/t47-,48-,49-,50+,51+,57-/m0/s1. The molecule has 2 fully saturated rings. The third kappa shape index (κ3) is 8.16. The number of rotatable bonds is 9. The lowest BCUT2D eigenvalue weighted by Gasteiger charge is -2.46. The molecule has 8 aromatic rings. The molecule has 11 rings (SSSR count). The van der Waals surface area contributed by atoms with Crippen LogP contribution in [0.25, 0.3) is 10.2 Å². The van der Waals surface area contributed by atoms with Crippen molar-refractivity contribution in [3.05, 3.63) is 225 Å². The number of methoxy groups -OCH3 is 1. The van der Waals surface area contributed by atoms with Crippen LogP contribution in [0.1, 0.15) is 57.1 Å². The molecular weight excluding hydrogens is 947 g/mol. The summed E-state index contributed by atoms with van der Waals surface area (Å²) < 4.78 is 18.6. The number of benzene rings is 7. The molecule has 73 heavy (non-hydrogen) atoms. The van der Waals surface area contributed by atoms with Gasteiger partial charge in [-0.2, -0.15) is 0 Å². The third-order valence-electron chi connectivity index (χ3n) is 13.6. The number of aromatic nitrogens is 1. The average Bonchev–Trinajstić information content (AvgIpc) is 4.06. The van der Waals surface area contributed by atoms with Crippen molar-refractivity contribution in [2.75, 3.05) is 17.3 Å². The number of carbonyl (C=O) groups excluding carboxylic acids is 4. The molecule has 0 radical (unpaired) electrons. The minimum Gasteiger partial charge on any atom is -0.508 e. The number of morpholine rings is 1. The monoisotopic (exact) mass is 987 g/mol. The number of carbonyl (C=O) groups is 4. The summed E-state index contributed by atoms with van der Waals surface area (Å²) in [6, 6.07) is 46.0. The maximum absolute atomic E-state index is 16.6. The maximum Gasteiger partial charge on any atom is 0.421 e. The van der Waals surface area contributed by atoms with Crippen molar-refractivity contribution in [2.24, 2.45) is 5.92 Å². The summed E-state index contributed by atoms with van der Waals surface area (Å²) in [5.41, 5.74) is 1.78. The van der Waals surface area contributed by atoms with Crippen LogP contribution in [-0.4, -0.2) is 56.9 Å². The lowest BCUT2D eigenvalue weighted by Crippen LogP contribution is -2.54. The first-order valence-electron chi connectivity index (χ1n) is 23.1. The Bertz CT molecular complexity index is 3490. The van der Waals surface area contributed by atoms with Crippen molar-refractivity contribution < 1.29 is 43.4 Å². The Hall–Kier alpha value is -9.17. The number of nitrogens with zero attached hydrogens (tertiary/aromatic N) is 4. The van der Waals surface area contributed by atoms with Crippen LogP contribution in [0.15, 0.2) is 176 Å². The van der Waals surface area contributed by atoms with E-state index in [1.165, 1.54) is 47.7 Å². The number of thiazole rings is 1. The molecule has 1 aromatic heterocycles. The van der Waals surface area contributed by atoms with Crippen LogP contribution in [0.3, 0.4) is 0 Å². The molecule has 0 saturated carbocycles. The van der Waals surface area contributed by atoms with E-state index < -0.39 is 64.4 Å². The Balaban J connectivity index is 1.16. The van der Waals surface area contributed by atoms with E-state index in [4.69, 9.17) is 19.2 Å². The average molecular weight is 988 g/mol. The van der Waals surface area contributed by atoms with Gasteiger partial charge in [-0.1, -0.05) is 108 Å². The first-order valence-corrected chi connectivity index (χ1v) is 23.9. The van der Waals surface area contributed by atoms with Crippen molar-refractivity contribution in [3.8, 4) is 23.3 Å². The van der Waals surface area contributed by atoms with Gasteiger partial charge in [-0.3, -0.25) is 29.4 Å². The van der Waals surface area contributed by atoms with Crippen LogP contribution in [0.2, 0.25) is 0 Å². The number of ether oxygens (including phenoxy) is 3. The number of non-ortho nitro benzene ring substituents is 1. The van der Waals surface area contributed by atoms with Crippen LogP contribution < -0.4 is 15.0 Å². The van der Waals surface area contributed by atoms with Crippen molar-refractivity contribution >= 4 is 61.9 Å². The molecule has 1 spiro atoms. The fourth-order valence-electron chi connectivity index (χ4n) is 10.5. The zero-order valence-corrected chi connectivity index (χ0v) is 39.5. The number of amides is 3. The highest BCUT2D eigenvalue weighted by molar-refractivity contribution is 7.22. The Kier molecular flexibility index (Phi) is 11.9. The van der Waals surface area contributed by atoms with Crippen molar-refractivity contribution in [1.29, 1.82) is 0 Å². The van der Waals surface area contributed by atoms with Crippen LogP contribution in [0.5, 0.6) is 11.5 Å². The van der Waals surface area contributed by atoms with Gasteiger partial charge in [0.05, 0.1) is 45.9 Å².